The molecule has 1 N–H and O–H groups in total. The summed E-state index contributed by atoms with van der Waals surface area (Å²) in [4.78, 5) is 35.7. The molecule has 0 spiro atoms. The van der Waals surface area contributed by atoms with Crippen LogP contribution in [0.5, 0.6) is 0 Å². The molecular formula is C21H28N2O4S. The van der Waals surface area contributed by atoms with E-state index in [2.05, 4.69) is 31.3 Å². The number of benzene rings is 1. The molecule has 0 fully saturated rings. The van der Waals surface area contributed by atoms with Crippen LogP contribution >= 0.6 is 11.3 Å². The van der Waals surface area contributed by atoms with Crippen LogP contribution < -0.4 is 10.2 Å². The Bertz CT molecular complexity index is 865. The van der Waals surface area contributed by atoms with Crippen molar-refractivity contribution >= 4 is 23.2 Å². The highest BCUT2D eigenvalue weighted by molar-refractivity contribution is 7.07. The van der Waals surface area contributed by atoms with Crippen molar-refractivity contribution in [3.8, 4) is 0 Å². The van der Waals surface area contributed by atoms with Crippen LogP contribution in [0, 0.1) is 12.8 Å². The van der Waals surface area contributed by atoms with Gasteiger partial charge in [-0.05, 0) is 29.9 Å². The lowest BCUT2D eigenvalue weighted by Gasteiger charge is -2.23. The molecule has 0 radical (unpaired) electrons. The fourth-order valence-electron chi connectivity index (χ4n) is 2.86. The highest BCUT2D eigenvalue weighted by atomic mass is 32.1. The van der Waals surface area contributed by atoms with Gasteiger partial charge in [-0.25, -0.2) is 0 Å². The predicted octanol–water partition coefficient (Wildman–Crippen LogP) is 3.40. The molecule has 0 aliphatic rings. The average molecular weight is 405 g/mol. The van der Waals surface area contributed by atoms with E-state index in [0.29, 0.717) is 11.6 Å². The number of ether oxygens (including phenoxy) is 1. The van der Waals surface area contributed by atoms with Crippen LogP contribution in [-0.2, 0) is 20.9 Å². The van der Waals surface area contributed by atoms with Gasteiger partial charge in [0, 0.05) is 11.1 Å². The summed E-state index contributed by atoms with van der Waals surface area (Å²) in [5, 5.41) is 4.62. The van der Waals surface area contributed by atoms with Gasteiger partial charge in [0.2, 0.25) is 0 Å². The van der Waals surface area contributed by atoms with Crippen molar-refractivity contribution in [1.29, 1.82) is 0 Å². The molecule has 0 unspecified atom stereocenters. The zero-order valence-electron chi connectivity index (χ0n) is 17.0. The lowest BCUT2D eigenvalue weighted by molar-refractivity contribution is -0.149. The number of esters is 1. The van der Waals surface area contributed by atoms with E-state index >= 15 is 0 Å². The number of hydrogen-bond acceptors (Lipinski definition) is 5. The molecule has 2 aromatic rings. The number of aromatic nitrogens is 1. The van der Waals surface area contributed by atoms with Gasteiger partial charge in [-0.1, -0.05) is 63.3 Å². The summed E-state index contributed by atoms with van der Waals surface area (Å²) in [6, 6.07) is 8.02. The lowest BCUT2D eigenvalue weighted by Crippen LogP contribution is -2.35. The molecule has 6 nitrogen and oxygen atoms in total. The Morgan fingerprint density at radius 1 is 1.11 bits per heavy atom. The van der Waals surface area contributed by atoms with Gasteiger partial charge < -0.3 is 10.1 Å². The smallest absolute Gasteiger partial charge is 0.326 e. The maximum absolute atomic E-state index is 12.3. The van der Waals surface area contributed by atoms with Gasteiger partial charge >= 0.3 is 10.8 Å². The summed E-state index contributed by atoms with van der Waals surface area (Å²) in [6.45, 7) is 9.51. The van der Waals surface area contributed by atoms with Crippen molar-refractivity contribution in [3.05, 3.63) is 56.1 Å². The van der Waals surface area contributed by atoms with Gasteiger partial charge in [0.1, 0.15) is 6.54 Å². The van der Waals surface area contributed by atoms with Gasteiger partial charge in [0.15, 0.2) is 6.61 Å². The molecule has 2 rings (SSSR count). The Morgan fingerprint density at radius 3 is 2.21 bits per heavy atom. The first-order valence-corrected chi connectivity index (χ1v) is 10.3. The minimum absolute atomic E-state index is 0.172. The number of aryl methyl sites for hydroxylation is 1. The Kier molecular flexibility index (Phi) is 7.57. The number of thiazole rings is 1. The summed E-state index contributed by atoms with van der Waals surface area (Å²) in [6.07, 6.45) is 0. The van der Waals surface area contributed by atoms with Crippen molar-refractivity contribution in [3.63, 3.8) is 0 Å². The Labute approximate surface area is 169 Å². The average Bonchev–Trinajstić information content (AvgIpc) is 2.96. The van der Waals surface area contributed by atoms with Crippen molar-refractivity contribution in [1.82, 2.24) is 9.88 Å². The number of rotatable bonds is 8. The summed E-state index contributed by atoms with van der Waals surface area (Å²) in [5.41, 5.74) is 2.95. The largest absolute Gasteiger partial charge is 0.454 e. The molecule has 28 heavy (non-hydrogen) atoms. The van der Waals surface area contributed by atoms with Crippen LogP contribution in [0.15, 0.2) is 34.4 Å². The third-order valence-corrected chi connectivity index (χ3v) is 5.45. The monoisotopic (exact) mass is 404 g/mol. The normalized spacial score (nSPS) is 12.2. The highest BCUT2D eigenvalue weighted by Gasteiger charge is 2.20. The van der Waals surface area contributed by atoms with Gasteiger partial charge in [-0.15, -0.1) is 0 Å². The number of nitrogens with zero attached hydrogens (tertiary/aromatic N) is 1. The summed E-state index contributed by atoms with van der Waals surface area (Å²) in [5.74, 6) is -0.355. The van der Waals surface area contributed by atoms with Gasteiger partial charge in [-0.2, -0.15) is 0 Å². The minimum Gasteiger partial charge on any atom is -0.454 e. The maximum Gasteiger partial charge on any atom is 0.326 e. The highest BCUT2D eigenvalue weighted by Crippen LogP contribution is 2.24. The first kappa shape index (κ1) is 21.9. The Hall–Kier alpha value is -2.41. The van der Waals surface area contributed by atoms with Crippen LogP contribution in [0.2, 0.25) is 0 Å². The Morgan fingerprint density at radius 2 is 1.71 bits per heavy atom. The van der Waals surface area contributed by atoms with Crippen LogP contribution in [0.3, 0.4) is 0 Å². The second-order valence-electron chi connectivity index (χ2n) is 7.50. The molecule has 7 heteroatoms. The quantitative estimate of drug-likeness (QED) is 0.684. The molecule has 0 saturated carbocycles. The summed E-state index contributed by atoms with van der Waals surface area (Å²) >= 11 is 1.03. The zero-order chi connectivity index (χ0) is 20.8. The molecule has 0 aliphatic heterocycles. The molecule has 152 valence electrons. The molecule has 1 amide bonds. The SMILES string of the molecule is Cc1csc(=O)n1CC(=O)OCC(=O)N[C@H](c1ccc(C(C)C)cc1)C(C)C. The minimum atomic E-state index is -0.610. The number of hydrogen-bond donors (Lipinski definition) is 1. The maximum atomic E-state index is 12.3. The molecule has 1 atom stereocenters. The lowest BCUT2D eigenvalue weighted by atomic mass is 9.93. The van der Waals surface area contributed by atoms with E-state index in [1.54, 1.807) is 12.3 Å². The van der Waals surface area contributed by atoms with Crippen LogP contribution in [0.1, 0.15) is 56.5 Å². The van der Waals surface area contributed by atoms with Crippen LogP contribution in [0.4, 0.5) is 0 Å². The fraction of sp³-hybridized carbons (Fsp3) is 0.476. The molecule has 1 aromatic carbocycles. The first-order chi connectivity index (χ1) is 13.2. The van der Waals surface area contributed by atoms with Crippen molar-refractivity contribution in [2.45, 2.75) is 53.1 Å². The third kappa shape index (κ3) is 5.79. The number of nitrogens with one attached hydrogen (secondary N) is 1. The molecule has 1 heterocycles. The van der Waals surface area contributed by atoms with E-state index in [1.807, 2.05) is 26.0 Å². The summed E-state index contributed by atoms with van der Waals surface area (Å²) in [7, 11) is 0. The molecular weight excluding hydrogens is 376 g/mol. The first-order valence-electron chi connectivity index (χ1n) is 9.38. The summed E-state index contributed by atoms with van der Waals surface area (Å²) < 4.78 is 6.38. The van der Waals surface area contributed by atoms with Gasteiger partial charge in [0.25, 0.3) is 5.91 Å². The zero-order valence-corrected chi connectivity index (χ0v) is 17.8. The molecule has 0 saturated heterocycles. The van der Waals surface area contributed by atoms with E-state index in [9.17, 15) is 14.4 Å². The van der Waals surface area contributed by atoms with E-state index in [1.165, 1.54) is 10.1 Å². The third-order valence-electron chi connectivity index (χ3n) is 4.57. The van der Waals surface area contributed by atoms with Crippen molar-refractivity contribution < 1.29 is 14.3 Å². The van der Waals surface area contributed by atoms with Gasteiger partial charge in [0.05, 0.1) is 6.04 Å². The number of amides is 1. The van der Waals surface area contributed by atoms with Crippen molar-refractivity contribution in [2.24, 2.45) is 5.92 Å². The van der Waals surface area contributed by atoms with E-state index in [-0.39, 0.29) is 35.9 Å². The number of carbonyl (C=O) groups is 2. The standard InChI is InChI=1S/C21H28N2O4S/c1-13(2)16-6-8-17(9-7-16)20(14(3)4)22-18(24)11-27-19(25)10-23-15(5)12-28-21(23)26/h6-9,12-14,20H,10-11H2,1-5H3,(H,22,24)/t20-/m0/s1. The second kappa shape index (κ2) is 9.68. The predicted molar refractivity (Wildman–Crippen MR) is 111 cm³/mol. The van der Waals surface area contributed by atoms with Crippen molar-refractivity contribution in [2.75, 3.05) is 6.61 Å². The fourth-order valence-corrected chi connectivity index (χ4v) is 3.59. The van der Waals surface area contributed by atoms with E-state index in [4.69, 9.17) is 4.74 Å². The van der Waals surface area contributed by atoms with Gasteiger partial charge in [-0.3, -0.25) is 19.0 Å². The molecule has 0 aliphatic carbocycles. The topological polar surface area (TPSA) is 77.4 Å². The molecule has 1 aromatic heterocycles. The van der Waals surface area contributed by atoms with E-state index in [0.717, 1.165) is 16.9 Å². The van der Waals surface area contributed by atoms with E-state index < -0.39 is 5.97 Å². The van der Waals surface area contributed by atoms with Crippen LogP contribution in [0.25, 0.3) is 0 Å². The van der Waals surface area contributed by atoms with Crippen LogP contribution in [-0.4, -0.2) is 23.1 Å². The second-order valence-corrected chi connectivity index (χ2v) is 8.32. The Balaban J connectivity index is 1.93. The molecule has 0 bridgehead atoms. The number of carbonyl (C=O) groups excluding carboxylic acids is 2.